The minimum absolute atomic E-state index is 0. The van der Waals surface area contributed by atoms with E-state index in [1.54, 1.807) is 0 Å². The fourth-order valence-corrected chi connectivity index (χ4v) is 0. The molecule has 0 saturated heterocycles. The molecule has 0 rings (SSSR count). The minimum Gasteiger partial charge on any atom is -0.286 e. The van der Waals surface area contributed by atoms with E-state index in [0.29, 0.717) is 6.26 Å². The van der Waals surface area contributed by atoms with Gasteiger partial charge in [0.15, 0.2) is 0 Å². The van der Waals surface area contributed by atoms with Crippen molar-refractivity contribution in [1.29, 1.82) is 0 Å². The minimum atomic E-state index is -5.84. The highest BCUT2D eigenvalue weighted by atomic mass is 32.2. The zero-order valence-electron chi connectivity index (χ0n) is 6.39. The van der Waals surface area contributed by atoms with Crippen molar-refractivity contribution in [2.45, 2.75) is 5.51 Å². The third kappa shape index (κ3) is 17.6. The van der Waals surface area contributed by atoms with Crippen LogP contribution in [0.5, 0.6) is 0 Å². The molecule has 0 heterocycles. The molecule has 0 spiro atoms. The number of hydrogen-bond acceptors (Lipinski definition) is 4. The van der Waals surface area contributed by atoms with Crippen LogP contribution in [0.2, 0.25) is 0 Å². The number of hydrogen-bond donors (Lipinski definition) is 2. The fourth-order valence-electron chi connectivity index (χ4n) is 0. The summed E-state index contributed by atoms with van der Waals surface area (Å²) >= 11 is 0. The first-order valence-corrected chi connectivity index (χ1v) is 5.50. The molecule has 0 atom stereocenters. The summed E-state index contributed by atoms with van der Waals surface area (Å²) in [6.45, 7) is 0. The second-order valence-corrected chi connectivity index (χ2v) is 4.53. The summed E-state index contributed by atoms with van der Waals surface area (Å²) in [4.78, 5) is 0. The van der Waals surface area contributed by atoms with E-state index in [2.05, 4.69) is 0 Å². The zero-order chi connectivity index (χ0) is 11.5. The van der Waals surface area contributed by atoms with Gasteiger partial charge in [0.1, 0.15) is 0 Å². The molecule has 0 radical (unpaired) electrons. The third-order valence-electron chi connectivity index (χ3n) is 0.292. The predicted molar refractivity (Wildman–Crippen MR) is 37.6 cm³/mol. The van der Waals surface area contributed by atoms with E-state index < -0.39 is 25.7 Å². The quantitative estimate of drug-likeness (QED) is 0.364. The molecule has 0 aliphatic heterocycles. The highest BCUT2D eigenvalue weighted by Crippen LogP contribution is 2.20. The first-order valence-electron chi connectivity index (χ1n) is 2.21. The molecule has 0 aromatic carbocycles. The molecular weight excluding hydrogens is 260 g/mol. The van der Waals surface area contributed by atoms with Gasteiger partial charge in [0.05, 0.1) is 6.26 Å². The van der Waals surface area contributed by atoms with Crippen LogP contribution in [0.4, 0.5) is 17.9 Å². The Morgan fingerprint density at radius 2 is 1.07 bits per heavy atom. The van der Waals surface area contributed by atoms with Crippen LogP contribution >= 0.6 is 0 Å². The molecule has 14 heavy (non-hydrogen) atoms. The van der Waals surface area contributed by atoms with Gasteiger partial charge in [-0.05, 0) is 0 Å². The molecule has 0 unspecified atom stereocenters. The number of rotatable bonds is 0. The second kappa shape index (κ2) is 5.43. The highest BCUT2D eigenvalue weighted by Gasteiger charge is 2.44. The molecule has 0 bridgehead atoms. The number of halogens is 4. The average molecular weight is 266 g/mol. The van der Waals surface area contributed by atoms with Crippen LogP contribution in [0.1, 0.15) is 0 Å². The Balaban J connectivity index is -0.000000177. The van der Waals surface area contributed by atoms with Crippen LogP contribution in [0.25, 0.3) is 0 Å². The summed E-state index contributed by atoms with van der Waals surface area (Å²) in [5.74, 6) is 0. The molecule has 0 aromatic heterocycles. The van der Waals surface area contributed by atoms with Crippen molar-refractivity contribution in [3.63, 3.8) is 0 Å². The molecule has 6 nitrogen and oxygen atoms in total. The Kier molecular flexibility index (Phi) is 7.43. The van der Waals surface area contributed by atoms with Gasteiger partial charge in [-0.25, -0.2) is 0 Å². The Labute approximate surface area is 76.6 Å². The van der Waals surface area contributed by atoms with E-state index in [1.807, 2.05) is 0 Å². The summed E-state index contributed by atoms with van der Waals surface area (Å²) < 4.78 is 83.4. The molecule has 12 heteroatoms. The van der Waals surface area contributed by atoms with Gasteiger partial charge in [-0.2, -0.15) is 30.0 Å². The molecule has 0 aliphatic rings. The largest absolute Gasteiger partial charge is 0.522 e. The van der Waals surface area contributed by atoms with Crippen molar-refractivity contribution >= 4 is 20.2 Å². The van der Waals surface area contributed by atoms with Crippen LogP contribution in [-0.2, 0) is 20.2 Å². The summed E-state index contributed by atoms with van der Waals surface area (Å²) in [6.07, 6.45) is 0.715. The zero-order valence-corrected chi connectivity index (χ0v) is 8.02. The maximum absolute atomic E-state index is 10.7. The Hall–Kier alpha value is -0.460. The van der Waals surface area contributed by atoms with Crippen molar-refractivity contribution in [2.24, 2.45) is 0 Å². The third-order valence-corrected chi connectivity index (χ3v) is 0.877. The van der Waals surface area contributed by atoms with Crippen LogP contribution < -0.4 is 0 Å². The van der Waals surface area contributed by atoms with Crippen molar-refractivity contribution in [1.82, 2.24) is 0 Å². The number of alkyl halides is 3. The molecule has 2 N–H and O–H groups in total. The molecule has 90 valence electrons. The van der Waals surface area contributed by atoms with Crippen molar-refractivity contribution < 1.29 is 43.8 Å². The Morgan fingerprint density at radius 3 is 1.07 bits per heavy atom. The van der Waals surface area contributed by atoms with E-state index >= 15 is 0 Å². The standard InChI is InChI=1S/CHF3O3S.CH4O3S.FH/c2-1(3,4)8(5,6)7;1-5(2,3)4;/h(H,5,6,7);1H3,(H,2,3,4);1H. The van der Waals surface area contributed by atoms with Crippen LogP contribution in [0.3, 0.4) is 0 Å². The van der Waals surface area contributed by atoms with E-state index in [0.717, 1.165) is 0 Å². The molecule has 0 aromatic rings. The van der Waals surface area contributed by atoms with Gasteiger partial charge in [0.2, 0.25) is 0 Å². The molecule has 0 amide bonds. The van der Waals surface area contributed by atoms with Crippen LogP contribution in [0, 0.1) is 0 Å². The lowest BCUT2D eigenvalue weighted by Crippen LogP contribution is -2.21. The van der Waals surface area contributed by atoms with Gasteiger partial charge in [-0.15, -0.1) is 0 Å². The molecular formula is C2H6F4O6S2. The molecule has 0 saturated carbocycles. The Bertz CT molecular complexity index is 329. The topological polar surface area (TPSA) is 109 Å². The second-order valence-electron chi connectivity index (χ2n) is 1.65. The predicted octanol–water partition coefficient (Wildman–Crippen LogP) is 0.0505. The highest BCUT2D eigenvalue weighted by molar-refractivity contribution is 7.86. The van der Waals surface area contributed by atoms with Gasteiger partial charge in [0.25, 0.3) is 10.1 Å². The summed E-state index contributed by atoms with van der Waals surface area (Å²) in [7, 11) is -9.51. The van der Waals surface area contributed by atoms with Crippen molar-refractivity contribution in [3.05, 3.63) is 0 Å². The summed E-state index contributed by atoms with van der Waals surface area (Å²) in [5, 5.41) is 0. The van der Waals surface area contributed by atoms with E-state index in [-0.39, 0.29) is 4.70 Å². The monoisotopic (exact) mass is 266 g/mol. The normalized spacial score (nSPS) is 12.1. The van der Waals surface area contributed by atoms with Crippen molar-refractivity contribution in [2.75, 3.05) is 6.26 Å². The van der Waals surface area contributed by atoms with Gasteiger partial charge in [0, 0.05) is 0 Å². The van der Waals surface area contributed by atoms with E-state index in [9.17, 15) is 21.6 Å². The SMILES string of the molecule is CS(=O)(=O)O.F.O=S(=O)(O)C(F)(F)F. The van der Waals surface area contributed by atoms with Crippen molar-refractivity contribution in [3.8, 4) is 0 Å². The van der Waals surface area contributed by atoms with Gasteiger partial charge in [-0.1, -0.05) is 0 Å². The first-order chi connectivity index (χ1) is 5.25. The average Bonchev–Trinajstić information content (AvgIpc) is 1.50. The molecule has 0 fully saturated rings. The van der Waals surface area contributed by atoms with Crippen LogP contribution in [-0.4, -0.2) is 37.7 Å². The first kappa shape index (κ1) is 19.2. The fraction of sp³-hybridized carbons (Fsp3) is 1.00. The summed E-state index contributed by atoms with van der Waals surface area (Å²) in [5.41, 5.74) is -5.53. The lowest BCUT2D eigenvalue weighted by molar-refractivity contribution is -0.0510. The molecule has 0 aliphatic carbocycles. The van der Waals surface area contributed by atoms with E-state index in [1.165, 1.54) is 0 Å². The van der Waals surface area contributed by atoms with Gasteiger partial charge < -0.3 is 0 Å². The maximum atomic E-state index is 10.7. The van der Waals surface area contributed by atoms with Gasteiger partial charge in [-0.3, -0.25) is 13.8 Å². The van der Waals surface area contributed by atoms with Gasteiger partial charge >= 0.3 is 15.6 Å². The lowest BCUT2D eigenvalue weighted by atomic mass is 11.6. The maximum Gasteiger partial charge on any atom is 0.522 e. The Morgan fingerprint density at radius 1 is 1.00 bits per heavy atom. The lowest BCUT2D eigenvalue weighted by Gasteiger charge is -1.97. The van der Waals surface area contributed by atoms with E-state index in [4.69, 9.17) is 17.5 Å². The van der Waals surface area contributed by atoms with Crippen LogP contribution in [0.15, 0.2) is 0 Å². The summed E-state index contributed by atoms with van der Waals surface area (Å²) in [6, 6.07) is 0. The smallest absolute Gasteiger partial charge is 0.286 e.